The van der Waals surface area contributed by atoms with E-state index in [4.69, 9.17) is 10.5 Å². The lowest BCUT2D eigenvalue weighted by atomic mass is 10.1. The predicted octanol–water partition coefficient (Wildman–Crippen LogP) is 2.81. The number of nitrogen functional groups attached to an aromatic ring is 1. The quantitative estimate of drug-likeness (QED) is 0.636. The monoisotopic (exact) mass is 357 g/mol. The van der Waals surface area contributed by atoms with E-state index in [1.807, 2.05) is 12.1 Å². The van der Waals surface area contributed by atoms with Crippen LogP contribution in [0.1, 0.15) is 16.8 Å². The van der Waals surface area contributed by atoms with Gasteiger partial charge in [-0.25, -0.2) is 4.39 Å². The summed E-state index contributed by atoms with van der Waals surface area (Å²) >= 11 is 0. The predicted molar refractivity (Wildman–Crippen MR) is 101 cm³/mol. The maximum atomic E-state index is 13.0. The maximum absolute atomic E-state index is 13.0. The smallest absolute Gasteiger partial charge is 0.164 e. The number of ketones is 1. The lowest BCUT2D eigenvalue weighted by Gasteiger charge is -2.36. The molecule has 0 aromatic heterocycles. The number of nitrogens with zero attached hydrogens (tertiary/aromatic N) is 2. The van der Waals surface area contributed by atoms with Crippen LogP contribution in [0.2, 0.25) is 0 Å². The van der Waals surface area contributed by atoms with Crippen molar-refractivity contribution >= 4 is 17.2 Å². The highest BCUT2D eigenvalue weighted by Crippen LogP contribution is 2.23. The third kappa shape index (κ3) is 4.32. The first-order chi connectivity index (χ1) is 12.6. The van der Waals surface area contributed by atoms with Gasteiger partial charge in [-0.2, -0.15) is 0 Å². The van der Waals surface area contributed by atoms with Gasteiger partial charge in [-0.05, 0) is 42.5 Å². The molecule has 2 N–H and O–H groups in total. The van der Waals surface area contributed by atoms with E-state index < -0.39 is 0 Å². The largest absolute Gasteiger partial charge is 0.495 e. The van der Waals surface area contributed by atoms with Crippen molar-refractivity contribution in [3.63, 3.8) is 0 Å². The molecule has 0 aliphatic carbocycles. The molecule has 0 bridgehead atoms. The number of piperazine rings is 1. The van der Waals surface area contributed by atoms with Crippen LogP contribution in [0, 0.1) is 5.82 Å². The molecule has 138 valence electrons. The molecule has 1 aliphatic heterocycles. The lowest BCUT2D eigenvalue weighted by molar-refractivity contribution is 0.0962. The number of hydrogen-bond acceptors (Lipinski definition) is 5. The summed E-state index contributed by atoms with van der Waals surface area (Å²) in [5.74, 6) is 0.448. The van der Waals surface area contributed by atoms with Crippen LogP contribution in [0.3, 0.4) is 0 Å². The number of halogens is 1. The molecule has 2 aromatic rings. The van der Waals surface area contributed by atoms with Crippen LogP contribution in [0.4, 0.5) is 15.8 Å². The molecule has 0 spiro atoms. The second-order valence-electron chi connectivity index (χ2n) is 6.44. The molecular weight excluding hydrogens is 333 g/mol. The van der Waals surface area contributed by atoms with Gasteiger partial charge in [0.25, 0.3) is 0 Å². The summed E-state index contributed by atoms with van der Waals surface area (Å²) in [7, 11) is 1.55. The Kier molecular flexibility index (Phi) is 5.73. The van der Waals surface area contributed by atoms with Crippen LogP contribution in [0.25, 0.3) is 0 Å². The Morgan fingerprint density at radius 3 is 2.42 bits per heavy atom. The van der Waals surface area contributed by atoms with E-state index in [1.54, 1.807) is 25.3 Å². The number of carbonyl (C=O) groups is 1. The molecule has 0 unspecified atom stereocenters. The number of nitrogens with two attached hydrogens (primary N) is 1. The van der Waals surface area contributed by atoms with Crippen molar-refractivity contribution in [1.29, 1.82) is 0 Å². The van der Waals surface area contributed by atoms with Crippen molar-refractivity contribution < 1.29 is 13.9 Å². The van der Waals surface area contributed by atoms with Crippen molar-refractivity contribution in [3.8, 4) is 5.75 Å². The summed E-state index contributed by atoms with van der Waals surface area (Å²) in [4.78, 5) is 16.9. The van der Waals surface area contributed by atoms with E-state index >= 15 is 0 Å². The van der Waals surface area contributed by atoms with E-state index in [2.05, 4.69) is 9.80 Å². The second kappa shape index (κ2) is 8.19. The van der Waals surface area contributed by atoms with Gasteiger partial charge in [0, 0.05) is 50.4 Å². The van der Waals surface area contributed by atoms with Gasteiger partial charge in [-0.3, -0.25) is 9.69 Å². The minimum Gasteiger partial charge on any atom is -0.495 e. The number of ether oxygens (including phenoxy) is 1. The molecule has 6 heteroatoms. The Bertz CT molecular complexity index is 756. The topological polar surface area (TPSA) is 58.8 Å². The Morgan fingerprint density at radius 2 is 1.81 bits per heavy atom. The molecule has 1 fully saturated rings. The molecule has 0 amide bonds. The molecule has 0 radical (unpaired) electrons. The van der Waals surface area contributed by atoms with Crippen LogP contribution < -0.4 is 15.4 Å². The third-order valence-electron chi connectivity index (χ3n) is 4.77. The third-order valence-corrected chi connectivity index (χ3v) is 4.77. The number of methoxy groups -OCH3 is 1. The summed E-state index contributed by atoms with van der Waals surface area (Å²) in [5, 5.41) is 0. The van der Waals surface area contributed by atoms with Crippen molar-refractivity contribution in [2.75, 3.05) is 50.5 Å². The van der Waals surface area contributed by atoms with E-state index in [9.17, 15) is 9.18 Å². The van der Waals surface area contributed by atoms with Gasteiger partial charge >= 0.3 is 0 Å². The van der Waals surface area contributed by atoms with Gasteiger partial charge in [-0.1, -0.05) is 0 Å². The summed E-state index contributed by atoms with van der Waals surface area (Å²) in [5.41, 5.74) is 8.01. The molecule has 26 heavy (non-hydrogen) atoms. The molecule has 0 saturated carbocycles. The first-order valence-electron chi connectivity index (χ1n) is 8.76. The number of hydrogen-bond donors (Lipinski definition) is 1. The number of rotatable bonds is 6. The van der Waals surface area contributed by atoms with Gasteiger partial charge < -0.3 is 15.4 Å². The Labute approximate surface area is 153 Å². The zero-order valence-electron chi connectivity index (χ0n) is 15.0. The van der Waals surface area contributed by atoms with Crippen molar-refractivity contribution in [3.05, 3.63) is 53.8 Å². The zero-order valence-corrected chi connectivity index (χ0v) is 15.0. The summed E-state index contributed by atoms with van der Waals surface area (Å²) in [6.45, 7) is 4.23. The normalized spacial score (nSPS) is 15.1. The average Bonchev–Trinajstić information content (AvgIpc) is 2.67. The molecule has 5 nitrogen and oxygen atoms in total. The number of anilines is 2. The van der Waals surface area contributed by atoms with Crippen LogP contribution in [0.5, 0.6) is 5.75 Å². The van der Waals surface area contributed by atoms with E-state index in [0.717, 1.165) is 38.4 Å². The molecule has 1 saturated heterocycles. The standard InChI is InChI=1S/C20H24FN3O2/c1-26-20-7-2-15(14-18(20)22)19(25)8-9-23-10-12-24(13-11-23)17-5-3-16(21)4-6-17/h2-7,14H,8-13,22H2,1H3. The molecular formula is C20H24FN3O2. The number of Topliss-reactive ketones (excluding diaryl/α,β-unsaturated/α-hetero) is 1. The van der Waals surface area contributed by atoms with Gasteiger partial charge in [0.2, 0.25) is 0 Å². The highest BCUT2D eigenvalue weighted by Gasteiger charge is 2.18. The van der Waals surface area contributed by atoms with Crippen LogP contribution in [-0.2, 0) is 0 Å². The van der Waals surface area contributed by atoms with Gasteiger partial charge in [0.05, 0.1) is 12.8 Å². The minimum absolute atomic E-state index is 0.0836. The molecule has 1 aliphatic rings. The Morgan fingerprint density at radius 1 is 1.12 bits per heavy atom. The van der Waals surface area contributed by atoms with Crippen LogP contribution in [-0.4, -0.2) is 50.5 Å². The highest BCUT2D eigenvalue weighted by molar-refractivity contribution is 5.97. The van der Waals surface area contributed by atoms with E-state index in [0.29, 0.717) is 23.4 Å². The van der Waals surface area contributed by atoms with Gasteiger partial charge in [0.15, 0.2) is 5.78 Å². The maximum Gasteiger partial charge on any atom is 0.164 e. The fraction of sp³-hybridized carbons (Fsp3) is 0.350. The SMILES string of the molecule is COc1ccc(C(=O)CCN2CCN(c3ccc(F)cc3)CC2)cc1N. The van der Waals surface area contributed by atoms with Crippen molar-refractivity contribution in [1.82, 2.24) is 4.90 Å². The molecule has 1 heterocycles. The van der Waals surface area contributed by atoms with Crippen LogP contribution >= 0.6 is 0 Å². The fourth-order valence-corrected chi connectivity index (χ4v) is 3.19. The van der Waals surface area contributed by atoms with Crippen molar-refractivity contribution in [2.45, 2.75) is 6.42 Å². The molecule has 2 aromatic carbocycles. The average molecular weight is 357 g/mol. The number of carbonyl (C=O) groups excluding carboxylic acids is 1. The summed E-state index contributed by atoms with van der Waals surface area (Å²) in [6, 6.07) is 11.7. The summed E-state index contributed by atoms with van der Waals surface area (Å²) < 4.78 is 18.1. The zero-order chi connectivity index (χ0) is 18.5. The Hall–Kier alpha value is -2.60. The van der Waals surface area contributed by atoms with Gasteiger partial charge in [0.1, 0.15) is 11.6 Å². The molecule has 0 atom stereocenters. The highest BCUT2D eigenvalue weighted by atomic mass is 19.1. The molecule has 3 rings (SSSR count). The number of benzene rings is 2. The van der Waals surface area contributed by atoms with Gasteiger partial charge in [-0.15, -0.1) is 0 Å². The van der Waals surface area contributed by atoms with E-state index in [1.165, 1.54) is 12.1 Å². The van der Waals surface area contributed by atoms with E-state index in [-0.39, 0.29) is 11.6 Å². The second-order valence-corrected chi connectivity index (χ2v) is 6.44. The first kappa shape index (κ1) is 18.2. The van der Waals surface area contributed by atoms with Crippen molar-refractivity contribution in [2.24, 2.45) is 0 Å². The Balaban J connectivity index is 1.48. The summed E-state index contributed by atoms with van der Waals surface area (Å²) in [6.07, 6.45) is 0.461. The van der Waals surface area contributed by atoms with Crippen LogP contribution in [0.15, 0.2) is 42.5 Å². The fourth-order valence-electron chi connectivity index (χ4n) is 3.19. The lowest BCUT2D eigenvalue weighted by Crippen LogP contribution is -2.46. The minimum atomic E-state index is -0.218. The first-order valence-corrected chi connectivity index (χ1v) is 8.76.